The van der Waals surface area contributed by atoms with Crippen LogP contribution in [0.25, 0.3) is 11.3 Å². The molecule has 0 saturated heterocycles. The second kappa shape index (κ2) is 6.09. The van der Waals surface area contributed by atoms with Gasteiger partial charge in [0.05, 0.1) is 16.8 Å². The number of alkyl halides is 3. The Labute approximate surface area is 122 Å². The summed E-state index contributed by atoms with van der Waals surface area (Å²) in [5.74, 6) is -2.35. The Bertz CT molecular complexity index is 673. The molecule has 0 radical (unpaired) electrons. The van der Waals surface area contributed by atoms with E-state index in [9.17, 15) is 22.4 Å². The molecule has 0 bridgehead atoms. The van der Waals surface area contributed by atoms with Gasteiger partial charge in [0.15, 0.2) is 0 Å². The highest BCUT2D eigenvalue weighted by Crippen LogP contribution is 2.32. The molecule has 21 heavy (non-hydrogen) atoms. The predicted octanol–water partition coefficient (Wildman–Crippen LogP) is 4.03. The lowest BCUT2D eigenvalue weighted by molar-refractivity contribution is -0.137. The maximum absolute atomic E-state index is 13.7. The number of aromatic carboxylic acids is 1. The molecule has 1 N–H and O–H groups in total. The molecule has 0 aliphatic carbocycles. The summed E-state index contributed by atoms with van der Waals surface area (Å²) >= 11 is 0. The lowest BCUT2D eigenvalue weighted by Gasteiger charge is -2.09. The fraction of sp³-hybridized carbons (Fsp3) is 0.0769. The number of carbonyl (C=O) groups is 1. The molecule has 0 fully saturated rings. The first kappa shape index (κ1) is 16.9. The van der Waals surface area contributed by atoms with Gasteiger partial charge in [-0.25, -0.2) is 9.18 Å². The highest BCUT2D eigenvalue weighted by molar-refractivity contribution is 5.88. The fourth-order valence-electron chi connectivity index (χ4n) is 1.61. The molecule has 0 saturated carbocycles. The van der Waals surface area contributed by atoms with E-state index in [0.29, 0.717) is 12.1 Å². The number of nitrogens with zero attached hydrogens (tertiary/aromatic N) is 1. The van der Waals surface area contributed by atoms with Gasteiger partial charge in [0.2, 0.25) is 0 Å². The summed E-state index contributed by atoms with van der Waals surface area (Å²) in [4.78, 5) is 14.5. The zero-order valence-electron chi connectivity index (χ0n) is 10.2. The van der Waals surface area contributed by atoms with Crippen LogP contribution in [0.3, 0.4) is 0 Å². The summed E-state index contributed by atoms with van der Waals surface area (Å²) < 4.78 is 50.9. The molecular weight excluding hydrogens is 314 g/mol. The summed E-state index contributed by atoms with van der Waals surface area (Å²) in [7, 11) is 0. The van der Waals surface area contributed by atoms with Crippen LogP contribution in [0.1, 0.15) is 15.9 Å². The number of pyridine rings is 1. The summed E-state index contributed by atoms with van der Waals surface area (Å²) in [5.41, 5.74) is -1.49. The minimum atomic E-state index is -4.64. The van der Waals surface area contributed by atoms with Crippen molar-refractivity contribution < 1.29 is 27.5 Å². The Balaban J connectivity index is 0.00000220. The van der Waals surface area contributed by atoms with Crippen molar-refractivity contribution in [3.8, 4) is 11.3 Å². The molecule has 3 nitrogen and oxygen atoms in total. The van der Waals surface area contributed by atoms with Crippen LogP contribution in [0, 0.1) is 5.82 Å². The number of aromatic nitrogens is 1. The van der Waals surface area contributed by atoms with Gasteiger partial charge in [-0.05, 0) is 30.3 Å². The Morgan fingerprint density at radius 1 is 1.14 bits per heavy atom. The molecule has 0 amide bonds. The van der Waals surface area contributed by atoms with E-state index in [2.05, 4.69) is 4.98 Å². The fourth-order valence-corrected chi connectivity index (χ4v) is 1.61. The molecule has 1 aromatic carbocycles. The monoisotopic (exact) mass is 321 g/mol. The smallest absolute Gasteiger partial charge is 0.416 e. The van der Waals surface area contributed by atoms with E-state index in [1.165, 1.54) is 6.07 Å². The van der Waals surface area contributed by atoms with E-state index in [1.54, 1.807) is 0 Å². The normalized spacial score (nSPS) is 10.9. The van der Waals surface area contributed by atoms with Crippen LogP contribution < -0.4 is 0 Å². The van der Waals surface area contributed by atoms with Crippen molar-refractivity contribution in [1.29, 1.82) is 0 Å². The molecular formula is C13H8ClF4NO2. The Hall–Kier alpha value is -2.15. The van der Waals surface area contributed by atoms with Gasteiger partial charge in [0, 0.05) is 11.8 Å². The molecule has 0 atom stereocenters. The van der Waals surface area contributed by atoms with Crippen molar-refractivity contribution in [2.45, 2.75) is 6.18 Å². The highest BCUT2D eigenvalue weighted by Gasteiger charge is 2.31. The molecule has 8 heteroatoms. The summed E-state index contributed by atoms with van der Waals surface area (Å²) in [6.45, 7) is 0. The van der Waals surface area contributed by atoms with Crippen LogP contribution in [0.4, 0.5) is 17.6 Å². The number of rotatable bonds is 2. The molecule has 1 heterocycles. The van der Waals surface area contributed by atoms with Gasteiger partial charge in [-0.2, -0.15) is 13.2 Å². The summed E-state index contributed by atoms with van der Waals surface area (Å²) in [6.07, 6.45) is -3.49. The Kier molecular flexibility index (Phi) is 4.90. The van der Waals surface area contributed by atoms with E-state index < -0.39 is 23.5 Å². The quantitative estimate of drug-likeness (QED) is 0.850. The molecule has 2 rings (SSSR count). The van der Waals surface area contributed by atoms with E-state index in [0.717, 1.165) is 18.3 Å². The molecule has 112 valence electrons. The van der Waals surface area contributed by atoms with Gasteiger partial charge in [0.1, 0.15) is 5.82 Å². The number of carboxylic acids is 1. The van der Waals surface area contributed by atoms with Crippen LogP contribution in [0.15, 0.2) is 36.5 Å². The van der Waals surface area contributed by atoms with E-state index in [-0.39, 0.29) is 29.2 Å². The molecule has 2 aromatic rings. The number of benzene rings is 1. The van der Waals surface area contributed by atoms with Crippen molar-refractivity contribution in [1.82, 2.24) is 4.98 Å². The third-order valence-electron chi connectivity index (χ3n) is 2.58. The molecule has 1 aromatic heterocycles. The van der Waals surface area contributed by atoms with Gasteiger partial charge in [0.25, 0.3) is 0 Å². The van der Waals surface area contributed by atoms with Crippen molar-refractivity contribution in [3.05, 3.63) is 53.5 Å². The maximum atomic E-state index is 13.7. The minimum absolute atomic E-state index is 0. The van der Waals surface area contributed by atoms with Crippen LogP contribution in [0.5, 0.6) is 0 Å². The Morgan fingerprint density at radius 2 is 1.81 bits per heavy atom. The largest absolute Gasteiger partial charge is 0.478 e. The standard InChI is InChI=1S/C13H7F4NO2.ClH/c14-10-6-8(13(15,16)17)1-2-9(10)11-5-7(12(19)20)3-4-18-11;/h1-6H,(H,19,20);1H. The topological polar surface area (TPSA) is 50.2 Å². The number of halogens is 5. The number of hydrogen-bond donors (Lipinski definition) is 1. The van der Waals surface area contributed by atoms with Crippen LogP contribution in [-0.4, -0.2) is 16.1 Å². The van der Waals surface area contributed by atoms with Crippen molar-refractivity contribution >= 4 is 18.4 Å². The van der Waals surface area contributed by atoms with Crippen LogP contribution in [-0.2, 0) is 6.18 Å². The lowest BCUT2D eigenvalue weighted by atomic mass is 10.1. The molecule has 0 spiro atoms. The van der Waals surface area contributed by atoms with Crippen molar-refractivity contribution in [3.63, 3.8) is 0 Å². The molecule has 0 aliphatic rings. The third kappa shape index (κ3) is 3.69. The number of hydrogen-bond acceptors (Lipinski definition) is 2. The van der Waals surface area contributed by atoms with E-state index >= 15 is 0 Å². The second-order valence-corrected chi connectivity index (χ2v) is 3.93. The SMILES string of the molecule is Cl.O=C(O)c1ccnc(-c2ccc(C(F)(F)F)cc2F)c1. The van der Waals surface area contributed by atoms with Crippen molar-refractivity contribution in [2.75, 3.05) is 0 Å². The van der Waals surface area contributed by atoms with Gasteiger partial charge in [-0.1, -0.05) is 0 Å². The minimum Gasteiger partial charge on any atom is -0.478 e. The average molecular weight is 322 g/mol. The first-order valence-corrected chi connectivity index (χ1v) is 5.35. The van der Waals surface area contributed by atoms with E-state index in [1.807, 2.05) is 0 Å². The lowest BCUT2D eigenvalue weighted by Crippen LogP contribution is -2.05. The molecule has 0 unspecified atom stereocenters. The molecule has 0 aliphatic heterocycles. The predicted molar refractivity (Wildman–Crippen MR) is 68.8 cm³/mol. The third-order valence-corrected chi connectivity index (χ3v) is 2.58. The van der Waals surface area contributed by atoms with Gasteiger partial charge >= 0.3 is 12.1 Å². The van der Waals surface area contributed by atoms with E-state index in [4.69, 9.17) is 5.11 Å². The zero-order valence-corrected chi connectivity index (χ0v) is 11.0. The summed E-state index contributed by atoms with van der Waals surface area (Å²) in [5, 5.41) is 8.81. The van der Waals surface area contributed by atoms with Crippen molar-refractivity contribution in [2.24, 2.45) is 0 Å². The van der Waals surface area contributed by atoms with Gasteiger partial charge in [-0.15, -0.1) is 12.4 Å². The van der Waals surface area contributed by atoms with Gasteiger partial charge < -0.3 is 5.11 Å². The number of carboxylic acid groups (broad SMARTS) is 1. The Morgan fingerprint density at radius 3 is 2.33 bits per heavy atom. The first-order chi connectivity index (χ1) is 9.29. The zero-order chi connectivity index (χ0) is 14.9. The highest BCUT2D eigenvalue weighted by atomic mass is 35.5. The van der Waals surface area contributed by atoms with Crippen LogP contribution >= 0.6 is 12.4 Å². The average Bonchev–Trinajstić information content (AvgIpc) is 2.37. The second-order valence-electron chi connectivity index (χ2n) is 3.93. The summed E-state index contributed by atoms with van der Waals surface area (Å²) in [6, 6.07) is 4.28. The first-order valence-electron chi connectivity index (χ1n) is 5.35. The van der Waals surface area contributed by atoms with Gasteiger partial charge in [-0.3, -0.25) is 4.98 Å². The maximum Gasteiger partial charge on any atom is 0.416 e. The van der Waals surface area contributed by atoms with Crippen LogP contribution in [0.2, 0.25) is 0 Å².